The minimum Gasteiger partial charge on any atom is -0.352 e. The van der Waals surface area contributed by atoms with Crippen LogP contribution in [0.25, 0.3) is 0 Å². The van der Waals surface area contributed by atoms with Gasteiger partial charge in [-0.25, -0.2) is 0 Å². The van der Waals surface area contributed by atoms with E-state index in [9.17, 15) is 9.59 Å². The summed E-state index contributed by atoms with van der Waals surface area (Å²) in [6.45, 7) is 4.46. The Bertz CT molecular complexity index is 387. The molecule has 0 aromatic carbocycles. The Balaban J connectivity index is 2.33. The average molecular weight is 223 g/mol. The molecule has 1 aromatic heterocycles. The number of amides is 1. The Hall–Kier alpha value is -1.62. The van der Waals surface area contributed by atoms with Crippen LogP contribution >= 0.6 is 0 Å². The van der Waals surface area contributed by atoms with Crippen molar-refractivity contribution in [2.45, 2.75) is 13.3 Å². The van der Waals surface area contributed by atoms with Gasteiger partial charge in [-0.3, -0.25) is 9.59 Å². The molecular formula is C11H17N3O2. The van der Waals surface area contributed by atoms with Crippen molar-refractivity contribution in [2.75, 3.05) is 19.6 Å². The van der Waals surface area contributed by atoms with Crippen LogP contribution in [0, 0.1) is 0 Å². The zero-order valence-corrected chi connectivity index (χ0v) is 9.38. The fourth-order valence-electron chi connectivity index (χ4n) is 1.28. The summed E-state index contributed by atoms with van der Waals surface area (Å²) in [7, 11) is 0. The molecule has 0 saturated carbocycles. The summed E-state index contributed by atoms with van der Waals surface area (Å²) in [4.78, 5) is 25.0. The molecule has 0 atom stereocenters. The number of hydrogen-bond acceptors (Lipinski definition) is 3. The van der Waals surface area contributed by atoms with E-state index in [1.54, 1.807) is 6.07 Å². The highest BCUT2D eigenvalue weighted by Gasteiger charge is 2.03. The van der Waals surface area contributed by atoms with E-state index in [0.717, 1.165) is 19.5 Å². The SMILES string of the molecule is CCNCCCNC(=O)c1cc[nH]c(=O)c1. The molecule has 0 radical (unpaired) electrons. The van der Waals surface area contributed by atoms with E-state index in [0.29, 0.717) is 12.1 Å². The topological polar surface area (TPSA) is 74.0 Å². The Kier molecular flexibility index (Phi) is 5.28. The highest BCUT2D eigenvalue weighted by Crippen LogP contribution is 1.92. The third kappa shape index (κ3) is 4.27. The van der Waals surface area contributed by atoms with E-state index in [4.69, 9.17) is 0 Å². The summed E-state index contributed by atoms with van der Waals surface area (Å²) in [5.74, 6) is -0.206. The van der Waals surface area contributed by atoms with Crippen LogP contribution in [0.2, 0.25) is 0 Å². The molecule has 16 heavy (non-hydrogen) atoms. The van der Waals surface area contributed by atoms with E-state index in [2.05, 4.69) is 15.6 Å². The number of hydrogen-bond donors (Lipinski definition) is 3. The van der Waals surface area contributed by atoms with Crippen molar-refractivity contribution in [3.63, 3.8) is 0 Å². The maximum absolute atomic E-state index is 11.5. The number of pyridine rings is 1. The van der Waals surface area contributed by atoms with Crippen molar-refractivity contribution in [3.05, 3.63) is 34.2 Å². The number of aromatic nitrogens is 1. The number of rotatable bonds is 6. The summed E-state index contributed by atoms with van der Waals surface area (Å²) in [5.41, 5.74) is 0.132. The Morgan fingerprint density at radius 3 is 2.94 bits per heavy atom. The van der Waals surface area contributed by atoms with E-state index in [-0.39, 0.29) is 11.5 Å². The van der Waals surface area contributed by atoms with Gasteiger partial charge in [0.15, 0.2) is 0 Å². The molecule has 0 aliphatic rings. The summed E-state index contributed by atoms with van der Waals surface area (Å²) in [6.07, 6.45) is 2.35. The van der Waals surface area contributed by atoms with Gasteiger partial charge in [0.25, 0.3) is 5.91 Å². The number of carbonyl (C=O) groups excluding carboxylic acids is 1. The van der Waals surface area contributed by atoms with Crippen LogP contribution in [0.15, 0.2) is 23.1 Å². The lowest BCUT2D eigenvalue weighted by atomic mass is 10.2. The largest absolute Gasteiger partial charge is 0.352 e. The van der Waals surface area contributed by atoms with Crippen LogP contribution < -0.4 is 16.2 Å². The average Bonchev–Trinajstić information content (AvgIpc) is 2.28. The third-order valence-corrected chi connectivity index (χ3v) is 2.10. The molecule has 5 nitrogen and oxygen atoms in total. The van der Waals surface area contributed by atoms with Gasteiger partial charge in [-0.05, 0) is 25.6 Å². The summed E-state index contributed by atoms with van der Waals surface area (Å²) >= 11 is 0. The molecule has 0 saturated heterocycles. The highest BCUT2D eigenvalue weighted by molar-refractivity contribution is 5.93. The quantitative estimate of drug-likeness (QED) is 0.599. The first kappa shape index (κ1) is 12.4. The minimum absolute atomic E-state index is 0.206. The Morgan fingerprint density at radius 1 is 1.44 bits per heavy atom. The number of H-pyrrole nitrogens is 1. The zero-order chi connectivity index (χ0) is 11.8. The molecule has 0 bridgehead atoms. The monoisotopic (exact) mass is 223 g/mol. The van der Waals surface area contributed by atoms with Gasteiger partial charge in [0.2, 0.25) is 5.56 Å². The molecule has 0 unspecified atom stereocenters. The van der Waals surface area contributed by atoms with Gasteiger partial charge in [-0.2, -0.15) is 0 Å². The predicted octanol–water partition coefficient (Wildman–Crippen LogP) is 0.104. The van der Waals surface area contributed by atoms with Crippen LogP contribution in [0.1, 0.15) is 23.7 Å². The molecule has 0 aliphatic carbocycles. The normalized spacial score (nSPS) is 10.1. The molecular weight excluding hydrogens is 206 g/mol. The molecule has 0 spiro atoms. The first-order valence-corrected chi connectivity index (χ1v) is 5.41. The van der Waals surface area contributed by atoms with Crippen molar-refractivity contribution in [1.29, 1.82) is 0 Å². The van der Waals surface area contributed by atoms with Crippen molar-refractivity contribution < 1.29 is 4.79 Å². The molecule has 3 N–H and O–H groups in total. The molecule has 1 rings (SSSR count). The second-order valence-electron chi connectivity index (χ2n) is 3.40. The number of aromatic amines is 1. The Labute approximate surface area is 94.3 Å². The summed E-state index contributed by atoms with van der Waals surface area (Å²) < 4.78 is 0. The van der Waals surface area contributed by atoms with Crippen molar-refractivity contribution >= 4 is 5.91 Å². The van der Waals surface area contributed by atoms with Crippen molar-refractivity contribution in [3.8, 4) is 0 Å². The van der Waals surface area contributed by atoms with Crippen molar-refractivity contribution in [1.82, 2.24) is 15.6 Å². The fourth-order valence-corrected chi connectivity index (χ4v) is 1.28. The zero-order valence-electron chi connectivity index (χ0n) is 9.38. The molecule has 0 aliphatic heterocycles. The van der Waals surface area contributed by atoms with Crippen LogP contribution in [0.5, 0.6) is 0 Å². The number of nitrogens with one attached hydrogen (secondary N) is 3. The first-order chi connectivity index (χ1) is 7.74. The standard InChI is InChI=1S/C11H17N3O2/c1-2-12-5-3-6-14-11(16)9-4-7-13-10(15)8-9/h4,7-8,12H,2-3,5-6H2,1H3,(H,13,15)(H,14,16). The van der Waals surface area contributed by atoms with Crippen LogP contribution in [0.3, 0.4) is 0 Å². The highest BCUT2D eigenvalue weighted by atomic mass is 16.2. The minimum atomic E-state index is -0.264. The van der Waals surface area contributed by atoms with Crippen molar-refractivity contribution in [2.24, 2.45) is 0 Å². The van der Waals surface area contributed by atoms with Gasteiger partial charge in [0.1, 0.15) is 0 Å². The molecule has 88 valence electrons. The molecule has 0 fully saturated rings. The van der Waals surface area contributed by atoms with Crippen LogP contribution in [0.4, 0.5) is 0 Å². The van der Waals surface area contributed by atoms with Crippen LogP contribution in [-0.4, -0.2) is 30.5 Å². The second-order valence-corrected chi connectivity index (χ2v) is 3.40. The fraction of sp³-hybridized carbons (Fsp3) is 0.455. The molecule has 1 amide bonds. The third-order valence-electron chi connectivity index (χ3n) is 2.10. The maximum atomic E-state index is 11.5. The van der Waals surface area contributed by atoms with Gasteiger partial charge >= 0.3 is 0 Å². The van der Waals surface area contributed by atoms with E-state index < -0.39 is 0 Å². The summed E-state index contributed by atoms with van der Waals surface area (Å²) in [5, 5.41) is 5.92. The molecule has 1 heterocycles. The van der Waals surface area contributed by atoms with Gasteiger partial charge in [-0.1, -0.05) is 6.92 Å². The Morgan fingerprint density at radius 2 is 2.25 bits per heavy atom. The molecule has 5 heteroatoms. The van der Waals surface area contributed by atoms with E-state index in [1.165, 1.54) is 12.3 Å². The van der Waals surface area contributed by atoms with Gasteiger partial charge in [0.05, 0.1) is 0 Å². The predicted molar refractivity (Wildman–Crippen MR) is 62.6 cm³/mol. The van der Waals surface area contributed by atoms with Gasteiger partial charge in [0, 0.05) is 24.4 Å². The van der Waals surface area contributed by atoms with E-state index in [1.807, 2.05) is 6.92 Å². The molecule has 1 aromatic rings. The van der Waals surface area contributed by atoms with E-state index >= 15 is 0 Å². The summed E-state index contributed by atoms with van der Waals surface area (Å²) in [6, 6.07) is 2.88. The van der Waals surface area contributed by atoms with Crippen LogP contribution in [-0.2, 0) is 0 Å². The second kappa shape index (κ2) is 6.79. The lowest BCUT2D eigenvalue weighted by Gasteiger charge is -2.04. The first-order valence-electron chi connectivity index (χ1n) is 5.41. The maximum Gasteiger partial charge on any atom is 0.251 e. The lowest BCUT2D eigenvalue weighted by Crippen LogP contribution is -2.28. The van der Waals surface area contributed by atoms with Gasteiger partial charge in [-0.15, -0.1) is 0 Å². The smallest absolute Gasteiger partial charge is 0.251 e. The lowest BCUT2D eigenvalue weighted by molar-refractivity contribution is 0.0953. The van der Waals surface area contributed by atoms with Gasteiger partial charge < -0.3 is 15.6 Å². The number of carbonyl (C=O) groups is 1.